The average Bonchev–Trinajstić information content (AvgIpc) is 3.33. The molecule has 10 nitrogen and oxygen atoms in total. The van der Waals surface area contributed by atoms with E-state index in [9.17, 15) is 22.4 Å². The first kappa shape index (κ1) is 26.4. The SMILES string of the molecule is COc1cc(F)c(-c2cc(Cn3cnc4c3NCN=C4N)c(N3CCC[C@@](N)(C(=O)C(F)F)C3)cn2)cc1F. The number of nitrogens with zero attached hydrogens (tertiary/aromatic N) is 5. The minimum Gasteiger partial charge on any atom is -0.494 e. The van der Waals surface area contributed by atoms with Crippen LogP contribution in [0.15, 0.2) is 35.7 Å². The number of anilines is 2. The number of pyridine rings is 1. The molecule has 2 aliphatic rings. The van der Waals surface area contributed by atoms with Crippen LogP contribution >= 0.6 is 0 Å². The summed E-state index contributed by atoms with van der Waals surface area (Å²) in [6.45, 7) is 0.683. The van der Waals surface area contributed by atoms with Crippen LogP contribution in [0.1, 0.15) is 24.1 Å². The molecule has 1 aromatic carbocycles. The number of hydrogen-bond donors (Lipinski definition) is 3. The normalized spacial score (nSPS) is 18.9. The first-order valence-electron chi connectivity index (χ1n) is 12.1. The number of ether oxygens (including phenoxy) is 1. The molecule has 0 radical (unpaired) electrons. The van der Waals surface area contributed by atoms with Gasteiger partial charge in [0.2, 0.25) is 5.78 Å². The number of rotatable bonds is 7. The number of alkyl halides is 2. The van der Waals surface area contributed by atoms with E-state index in [1.165, 1.54) is 13.3 Å². The number of Topliss-reactive ketones (excluding diaryl/α,β-unsaturated/α-hetero) is 1. The Bertz CT molecular complexity index is 1460. The van der Waals surface area contributed by atoms with Gasteiger partial charge in [0.25, 0.3) is 6.43 Å². The summed E-state index contributed by atoms with van der Waals surface area (Å²) < 4.78 is 62.6. The van der Waals surface area contributed by atoms with Crippen LogP contribution in [0.5, 0.6) is 5.75 Å². The van der Waals surface area contributed by atoms with E-state index in [4.69, 9.17) is 16.2 Å². The van der Waals surface area contributed by atoms with E-state index < -0.39 is 29.4 Å². The summed E-state index contributed by atoms with van der Waals surface area (Å²) in [6, 6.07) is 3.50. The van der Waals surface area contributed by atoms with Gasteiger partial charge in [0.05, 0.1) is 43.1 Å². The molecule has 14 heteroatoms. The van der Waals surface area contributed by atoms with E-state index in [-0.39, 0.29) is 49.0 Å². The standard InChI is InChI=1S/C25H26F4N8O2/c1-39-19-7-15(26)14(6-16(19)27)17-5-13(9-37-12-35-20-23(30)33-11-34-24(20)37)18(8-32-17)36-4-2-3-25(31,10-36)21(38)22(28)29/h5-8,12,22,34H,2-4,9-11,31H2,1H3,(H2,30,33)/t25-/m0/s1. The lowest BCUT2D eigenvalue weighted by atomic mass is 9.85. The van der Waals surface area contributed by atoms with Crippen LogP contribution in [-0.2, 0) is 11.3 Å². The zero-order chi connectivity index (χ0) is 27.9. The lowest BCUT2D eigenvalue weighted by molar-refractivity contribution is -0.135. The third kappa shape index (κ3) is 4.87. The molecule has 4 heterocycles. The molecule has 206 valence electrons. The predicted molar refractivity (Wildman–Crippen MR) is 136 cm³/mol. The molecule has 0 amide bonds. The van der Waals surface area contributed by atoms with Crippen molar-refractivity contribution in [3.05, 3.63) is 53.6 Å². The van der Waals surface area contributed by atoms with Crippen molar-refractivity contribution in [2.24, 2.45) is 16.5 Å². The monoisotopic (exact) mass is 546 g/mol. The molecule has 0 aliphatic carbocycles. The van der Waals surface area contributed by atoms with Crippen molar-refractivity contribution in [2.75, 3.05) is 37.1 Å². The molecule has 5 N–H and O–H groups in total. The summed E-state index contributed by atoms with van der Waals surface area (Å²) in [5, 5.41) is 3.11. The molecule has 0 unspecified atom stereocenters. The van der Waals surface area contributed by atoms with E-state index in [0.717, 1.165) is 12.1 Å². The van der Waals surface area contributed by atoms with Crippen molar-refractivity contribution in [2.45, 2.75) is 31.4 Å². The number of ketones is 1. The Labute approximate surface area is 220 Å². The predicted octanol–water partition coefficient (Wildman–Crippen LogP) is 2.50. The second kappa shape index (κ2) is 10.2. The number of nitrogens with one attached hydrogen (secondary N) is 1. The molecule has 2 aliphatic heterocycles. The quantitative estimate of drug-likeness (QED) is 0.385. The van der Waals surface area contributed by atoms with Crippen molar-refractivity contribution in [1.82, 2.24) is 14.5 Å². The van der Waals surface area contributed by atoms with Gasteiger partial charge in [0.15, 0.2) is 11.6 Å². The number of benzene rings is 1. The molecule has 1 fully saturated rings. The first-order valence-corrected chi connectivity index (χ1v) is 12.1. The van der Waals surface area contributed by atoms with Gasteiger partial charge in [0, 0.05) is 24.7 Å². The second-order valence-electron chi connectivity index (χ2n) is 9.46. The number of imidazole rings is 1. The molecule has 1 saturated heterocycles. The number of nitrogens with two attached hydrogens (primary N) is 2. The van der Waals surface area contributed by atoms with E-state index in [1.807, 2.05) is 0 Å². The summed E-state index contributed by atoms with van der Waals surface area (Å²) in [6.07, 6.45) is 0.299. The van der Waals surface area contributed by atoms with Crippen molar-refractivity contribution < 1.29 is 27.1 Å². The van der Waals surface area contributed by atoms with Crippen molar-refractivity contribution in [3.8, 4) is 17.0 Å². The van der Waals surface area contributed by atoms with Gasteiger partial charge < -0.3 is 31.0 Å². The molecule has 1 atom stereocenters. The summed E-state index contributed by atoms with van der Waals surface area (Å²) >= 11 is 0. The Morgan fingerprint density at radius 1 is 1.23 bits per heavy atom. The second-order valence-corrected chi connectivity index (χ2v) is 9.46. The molecule has 0 bridgehead atoms. The van der Waals surface area contributed by atoms with Gasteiger partial charge >= 0.3 is 0 Å². The fourth-order valence-corrected chi connectivity index (χ4v) is 4.97. The highest BCUT2D eigenvalue weighted by atomic mass is 19.3. The van der Waals surface area contributed by atoms with Gasteiger partial charge in [-0.15, -0.1) is 0 Å². The fourth-order valence-electron chi connectivity index (χ4n) is 4.97. The van der Waals surface area contributed by atoms with E-state index in [2.05, 4.69) is 20.3 Å². The first-order chi connectivity index (χ1) is 18.6. The Morgan fingerprint density at radius 3 is 2.77 bits per heavy atom. The van der Waals surface area contributed by atoms with Gasteiger partial charge in [-0.05, 0) is 30.5 Å². The van der Waals surface area contributed by atoms with Crippen molar-refractivity contribution in [1.29, 1.82) is 0 Å². The van der Waals surface area contributed by atoms with Gasteiger partial charge in [-0.1, -0.05) is 0 Å². The van der Waals surface area contributed by atoms with E-state index in [0.29, 0.717) is 35.7 Å². The van der Waals surface area contributed by atoms with Crippen LogP contribution in [-0.4, -0.2) is 65.0 Å². The van der Waals surface area contributed by atoms with Crippen LogP contribution in [0.2, 0.25) is 0 Å². The van der Waals surface area contributed by atoms with Gasteiger partial charge in [-0.2, -0.15) is 0 Å². The van der Waals surface area contributed by atoms with Gasteiger partial charge in [-0.3, -0.25) is 9.78 Å². The number of hydrogen-bond acceptors (Lipinski definition) is 9. The van der Waals surface area contributed by atoms with E-state index in [1.54, 1.807) is 21.9 Å². The summed E-state index contributed by atoms with van der Waals surface area (Å²) in [4.78, 5) is 26.7. The Kier molecular flexibility index (Phi) is 6.89. The van der Waals surface area contributed by atoms with Gasteiger partial charge in [0.1, 0.15) is 29.8 Å². The number of amidine groups is 1. The largest absolute Gasteiger partial charge is 0.494 e. The Morgan fingerprint density at radius 2 is 2.03 bits per heavy atom. The molecule has 3 aromatic rings. The molecule has 5 rings (SSSR count). The third-order valence-electron chi connectivity index (χ3n) is 6.95. The highest BCUT2D eigenvalue weighted by molar-refractivity contribution is 6.01. The highest BCUT2D eigenvalue weighted by Crippen LogP contribution is 2.34. The maximum atomic E-state index is 14.9. The lowest BCUT2D eigenvalue weighted by Gasteiger charge is -2.40. The number of carbonyl (C=O) groups excluding carboxylic acids is 1. The minimum absolute atomic E-state index is 0.0945. The smallest absolute Gasteiger partial charge is 0.297 e. The lowest BCUT2D eigenvalue weighted by Crippen LogP contribution is -2.61. The maximum absolute atomic E-state index is 14.9. The zero-order valence-corrected chi connectivity index (χ0v) is 20.9. The number of aromatic nitrogens is 3. The van der Waals surface area contributed by atoms with Gasteiger partial charge in [-0.25, -0.2) is 27.5 Å². The summed E-state index contributed by atoms with van der Waals surface area (Å²) in [5.74, 6) is -2.21. The van der Waals surface area contributed by atoms with Crippen molar-refractivity contribution >= 4 is 23.1 Å². The molecule has 2 aromatic heterocycles. The Balaban J connectivity index is 1.58. The zero-order valence-electron chi connectivity index (χ0n) is 20.9. The molecular weight excluding hydrogens is 520 g/mol. The maximum Gasteiger partial charge on any atom is 0.297 e. The number of piperidine rings is 1. The molecule has 0 saturated carbocycles. The topological polar surface area (TPSA) is 137 Å². The van der Waals surface area contributed by atoms with Crippen LogP contribution in [0.3, 0.4) is 0 Å². The molecular formula is C25H26F4N8O2. The number of carbonyl (C=O) groups is 1. The van der Waals surface area contributed by atoms with Crippen LogP contribution in [0, 0.1) is 11.6 Å². The van der Waals surface area contributed by atoms with Crippen molar-refractivity contribution in [3.63, 3.8) is 0 Å². The molecule has 39 heavy (non-hydrogen) atoms. The van der Waals surface area contributed by atoms with Crippen LogP contribution in [0.25, 0.3) is 11.3 Å². The summed E-state index contributed by atoms with van der Waals surface area (Å²) in [7, 11) is 1.23. The number of aliphatic imine (C=N–C) groups is 1. The Hall–Kier alpha value is -4.20. The molecule has 0 spiro atoms. The highest BCUT2D eigenvalue weighted by Gasteiger charge is 2.43. The number of fused-ring (bicyclic) bond motifs is 1. The van der Waals surface area contributed by atoms with Crippen LogP contribution in [0.4, 0.5) is 29.1 Å². The number of methoxy groups -OCH3 is 1. The average molecular weight is 547 g/mol. The van der Waals surface area contributed by atoms with Crippen LogP contribution < -0.4 is 26.4 Å². The van der Waals surface area contributed by atoms with E-state index >= 15 is 0 Å². The minimum atomic E-state index is -3.20. The fraction of sp³-hybridized carbons (Fsp3) is 0.360. The number of halogens is 4. The third-order valence-corrected chi connectivity index (χ3v) is 6.95. The summed E-state index contributed by atoms with van der Waals surface area (Å²) in [5.41, 5.74) is 12.0.